The summed E-state index contributed by atoms with van der Waals surface area (Å²) in [7, 11) is 0. The highest BCUT2D eigenvalue weighted by molar-refractivity contribution is 5.45. The summed E-state index contributed by atoms with van der Waals surface area (Å²) in [6.45, 7) is 0.294. The molecule has 0 N–H and O–H groups in total. The van der Waals surface area contributed by atoms with Crippen molar-refractivity contribution in [3.05, 3.63) is 29.8 Å². The summed E-state index contributed by atoms with van der Waals surface area (Å²) in [6, 6.07) is 9.57. The van der Waals surface area contributed by atoms with E-state index in [1.165, 1.54) is 5.23 Å². The Hall–Kier alpha value is -1.57. The molecule has 0 atom stereocenters. The smallest absolute Gasteiger partial charge is 0.205 e. The minimum absolute atomic E-state index is 0.294. The number of nitriles is 1. The second-order valence-corrected chi connectivity index (χ2v) is 2.64. The Morgan fingerprint density at radius 2 is 2.31 bits per heavy atom. The van der Waals surface area contributed by atoms with Gasteiger partial charge in [-0.1, -0.05) is 12.1 Å². The van der Waals surface area contributed by atoms with Gasteiger partial charge in [-0.3, -0.25) is 0 Å². The highest BCUT2D eigenvalue weighted by Gasteiger charge is 2.16. The van der Waals surface area contributed by atoms with Crippen LogP contribution in [0.3, 0.4) is 0 Å². The first-order valence-electron chi connectivity index (χ1n) is 3.92. The zero-order valence-electron chi connectivity index (χ0n) is 6.93. The molecule has 0 aliphatic carbocycles. The standard InChI is InChI=1S/C9H8N2O2/c10-5-4-8-2-1-3-9(6-8)11-12-7-13-11/h1-3,6H,4,7H2. The van der Waals surface area contributed by atoms with Crippen LogP contribution < -0.4 is 5.23 Å². The predicted molar refractivity (Wildman–Crippen MR) is 45.3 cm³/mol. The molecule has 1 aromatic carbocycles. The number of hydrogen-bond donors (Lipinski definition) is 0. The number of anilines is 1. The number of benzene rings is 1. The van der Waals surface area contributed by atoms with Crippen molar-refractivity contribution < 1.29 is 9.68 Å². The molecule has 66 valence electrons. The van der Waals surface area contributed by atoms with Gasteiger partial charge in [-0.05, 0) is 17.7 Å². The predicted octanol–water partition coefficient (Wildman–Crippen LogP) is 1.39. The maximum Gasteiger partial charge on any atom is 0.205 e. The molecule has 2 rings (SSSR count). The van der Waals surface area contributed by atoms with Crippen molar-refractivity contribution in [2.45, 2.75) is 6.42 Å². The first-order valence-corrected chi connectivity index (χ1v) is 3.92. The van der Waals surface area contributed by atoms with Crippen LogP contribution in [0.4, 0.5) is 5.69 Å². The summed E-state index contributed by atoms with van der Waals surface area (Å²) >= 11 is 0. The summed E-state index contributed by atoms with van der Waals surface area (Å²) in [5.41, 5.74) is 1.78. The van der Waals surface area contributed by atoms with E-state index in [4.69, 9.17) is 14.9 Å². The van der Waals surface area contributed by atoms with Crippen LogP contribution in [0.5, 0.6) is 0 Å². The van der Waals surface area contributed by atoms with Crippen molar-refractivity contribution in [1.82, 2.24) is 0 Å². The number of nitrogens with zero attached hydrogens (tertiary/aromatic N) is 2. The van der Waals surface area contributed by atoms with Crippen molar-refractivity contribution in [2.75, 3.05) is 12.0 Å². The van der Waals surface area contributed by atoms with Crippen molar-refractivity contribution in [3.8, 4) is 6.07 Å². The van der Waals surface area contributed by atoms with Crippen molar-refractivity contribution in [1.29, 1.82) is 5.26 Å². The van der Waals surface area contributed by atoms with Gasteiger partial charge in [-0.25, -0.2) is 9.68 Å². The number of rotatable bonds is 2. The Morgan fingerprint density at radius 3 is 2.92 bits per heavy atom. The van der Waals surface area contributed by atoms with Gasteiger partial charge < -0.3 is 0 Å². The van der Waals surface area contributed by atoms with E-state index in [1.807, 2.05) is 24.3 Å². The van der Waals surface area contributed by atoms with Crippen molar-refractivity contribution >= 4 is 5.69 Å². The first kappa shape index (κ1) is 8.05. The van der Waals surface area contributed by atoms with Gasteiger partial charge in [0.15, 0.2) is 0 Å². The van der Waals surface area contributed by atoms with Crippen molar-refractivity contribution in [3.63, 3.8) is 0 Å². The summed E-state index contributed by atoms with van der Waals surface area (Å²) in [6.07, 6.45) is 0.404. The van der Waals surface area contributed by atoms with E-state index >= 15 is 0 Å². The Labute approximate surface area is 75.8 Å². The normalized spacial score (nSPS) is 14.8. The molecule has 0 saturated carbocycles. The highest BCUT2D eigenvalue weighted by atomic mass is 17.1. The molecule has 0 bridgehead atoms. The molecule has 4 heteroatoms. The molecule has 1 fully saturated rings. The molecule has 0 spiro atoms. The van der Waals surface area contributed by atoms with Gasteiger partial charge in [0.05, 0.1) is 18.2 Å². The third-order valence-corrected chi connectivity index (χ3v) is 1.74. The lowest BCUT2D eigenvalue weighted by Crippen LogP contribution is -2.36. The molecule has 0 radical (unpaired) electrons. The molecule has 1 aliphatic heterocycles. The molecule has 0 aromatic heterocycles. The molecule has 0 amide bonds. The van der Waals surface area contributed by atoms with Gasteiger partial charge in [0, 0.05) is 0 Å². The first-order chi connectivity index (χ1) is 6.40. The molecule has 1 aliphatic rings. The SMILES string of the molecule is N#CCc1cccc(N2OCO2)c1. The molecule has 0 unspecified atom stereocenters. The van der Waals surface area contributed by atoms with E-state index in [0.717, 1.165) is 11.3 Å². The van der Waals surface area contributed by atoms with E-state index in [1.54, 1.807) is 0 Å². The van der Waals surface area contributed by atoms with Gasteiger partial charge >= 0.3 is 0 Å². The van der Waals surface area contributed by atoms with Gasteiger partial charge in [0.1, 0.15) is 0 Å². The second-order valence-electron chi connectivity index (χ2n) is 2.64. The fourth-order valence-corrected chi connectivity index (χ4v) is 1.13. The molecule has 4 nitrogen and oxygen atoms in total. The Morgan fingerprint density at radius 1 is 1.46 bits per heavy atom. The van der Waals surface area contributed by atoms with E-state index in [9.17, 15) is 0 Å². The van der Waals surface area contributed by atoms with Crippen LogP contribution in [-0.2, 0) is 16.1 Å². The minimum atomic E-state index is 0.294. The van der Waals surface area contributed by atoms with Gasteiger partial charge in [0.25, 0.3) is 0 Å². The quantitative estimate of drug-likeness (QED) is 0.683. The summed E-state index contributed by atoms with van der Waals surface area (Å²) in [5.74, 6) is 0. The Kier molecular flexibility index (Phi) is 2.13. The zero-order chi connectivity index (χ0) is 9.10. The molecular weight excluding hydrogens is 168 g/mol. The maximum atomic E-state index is 8.49. The van der Waals surface area contributed by atoms with Gasteiger partial charge in [-0.15, -0.1) is 5.23 Å². The Bertz CT molecular complexity index is 342. The van der Waals surface area contributed by atoms with Crippen molar-refractivity contribution in [2.24, 2.45) is 0 Å². The van der Waals surface area contributed by atoms with Crippen LogP contribution in [-0.4, -0.2) is 6.79 Å². The van der Waals surface area contributed by atoms with Crippen LogP contribution in [0, 0.1) is 11.3 Å². The number of hydrogen-bond acceptors (Lipinski definition) is 4. The molecular formula is C9H8N2O2. The molecule has 1 aromatic rings. The zero-order valence-corrected chi connectivity index (χ0v) is 6.93. The van der Waals surface area contributed by atoms with Gasteiger partial charge in [-0.2, -0.15) is 5.26 Å². The topological polar surface area (TPSA) is 45.5 Å². The third-order valence-electron chi connectivity index (χ3n) is 1.74. The largest absolute Gasteiger partial charge is 0.217 e. The third kappa shape index (κ3) is 1.61. The van der Waals surface area contributed by atoms with E-state index in [0.29, 0.717) is 13.2 Å². The average molecular weight is 176 g/mol. The molecule has 1 heterocycles. The lowest BCUT2D eigenvalue weighted by Gasteiger charge is -2.29. The van der Waals surface area contributed by atoms with E-state index in [2.05, 4.69) is 6.07 Å². The lowest BCUT2D eigenvalue weighted by molar-refractivity contribution is -0.277. The fourth-order valence-electron chi connectivity index (χ4n) is 1.13. The molecule has 1 saturated heterocycles. The van der Waals surface area contributed by atoms with E-state index < -0.39 is 0 Å². The molecule has 13 heavy (non-hydrogen) atoms. The summed E-state index contributed by atoms with van der Waals surface area (Å²) in [4.78, 5) is 9.96. The second kappa shape index (κ2) is 3.44. The minimum Gasteiger partial charge on any atom is -0.217 e. The van der Waals surface area contributed by atoms with Crippen LogP contribution in [0.2, 0.25) is 0 Å². The van der Waals surface area contributed by atoms with Crippen LogP contribution in [0.1, 0.15) is 5.56 Å². The summed E-state index contributed by atoms with van der Waals surface area (Å²) in [5, 5.41) is 9.83. The van der Waals surface area contributed by atoms with Crippen LogP contribution in [0.25, 0.3) is 0 Å². The van der Waals surface area contributed by atoms with Gasteiger partial charge in [0.2, 0.25) is 6.79 Å². The van der Waals surface area contributed by atoms with Crippen LogP contribution in [0.15, 0.2) is 24.3 Å². The van der Waals surface area contributed by atoms with E-state index in [-0.39, 0.29) is 0 Å². The monoisotopic (exact) mass is 176 g/mol. The lowest BCUT2D eigenvalue weighted by atomic mass is 10.1. The average Bonchev–Trinajstić information content (AvgIpc) is 2.02. The fraction of sp³-hybridized carbons (Fsp3) is 0.222. The Balaban J connectivity index is 2.17. The van der Waals surface area contributed by atoms with Crippen LogP contribution >= 0.6 is 0 Å². The maximum absolute atomic E-state index is 8.49. The summed E-state index contributed by atoms with van der Waals surface area (Å²) < 4.78 is 0. The highest BCUT2D eigenvalue weighted by Crippen LogP contribution is 2.21.